The van der Waals surface area contributed by atoms with E-state index in [4.69, 9.17) is 14.2 Å². The third-order valence-corrected chi connectivity index (χ3v) is 7.66. The summed E-state index contributed by atoms with van der Waals surface area (Å²) in [5.41, 5.74) is 6.25. The van der Waals surface area contributed by atoms with E-state index >= 15 is 0 Å². The predicted molar refractivity (Wildman–Crippen MR) is 122 cm³/mol. The zero-order chi connectivity index (χ0) is 23.3. The summed E-state index contributed by atoms with van der Waals surface area (Å²) in [6.07, 6.45) is 0.843. The van der Waals surface area contributed by atoms with Gasteiger partial charge in [-0.15, -0.1) is 0 Å². The van der Waals surface area contributed by atoms with E-state index in [1.54, 1.807) is 7.11 Å². The molecule has 0 amide bonds. The van der Waals surface area contributed by atoms with E-state index in [0.29, 0.717) is 35.2 Å². The zero-order valence-electron chi connectivity index (χ0n) is 20.1. The molecule has 2 aliphatic carbocycles. The third kappa shape index (κ3) is 3.85. The van der Waals surface area contributed by atoms with Crippen molar-refractivity contribution >= 4 is 0 Å². The van der Waals surface area contributed by atoms with Crippen molar-refractivity contribution in [1.29, 1.82) is 0 Å². The molecule has 32 heavy (non-hydrogen) atoms. The second-order valence-corrected chi connectivity index (χ2v) is 10.2. The summed E-state index contributed by atoms with van der Waals surface area (Å²) in [6, 6.07) is 0. The highest BCUT2D eigenvalue weighted by Crippen LogP contribution is 2.58. The second-order valence-electron chi connectivity index (χ2n) is 10.2. The lowest BCUT2D eigenvalue weighted by Crippen LogP contribution is -2.54. The molecule has 3 N–H and O–H groups in total. The number of hydrogen-bond acceptors (Lipinski definition) is 6. The van der Waals surface area contributed by atoms with Gasteiger partial charge >= 0.3 is 0 Å². The molecule has 3 aliphatic rings. The SMILES string of the molecule is COc1c(O[C@H]2OC[C@H](O)[C@@H](O)[C@@H]2O)c(C)c2c3c1[C@@H](C)CC[C@@H]3[C@@H](C)CC2C=C(C)C. The molecular formula is C26H38O6. The molecule has 178 valence electrons. The molecular weight excluding hydrogens is 408 g/mol. The van der Waals surface area contributed by atoms with E-state index in [9.17, 15) is 15.3 Å². The fraction of sp³-hybridized carbons (Fsp3) is 0.692. The molecule has 8 atom stereocenters. The van der Waals surface area contributed by atoms with Crippen LogP contribution in [0.2, 0.25) is 0 Å². The van der Waals surface area contributed by atoms with E-state index < -0.39 is 24.6 Å². The molecule has 0 radical (unpaired) electrons. The molecule has 1 saturated heterocycles. The first kappa shape index (κ1) is 23.6. The van der Waals surface area contributed by atoms with Gasteiger partial charge in [0.1, 0.15) is 18.3 Å². The van der Waals surface area contributed by atoms with E-state index in [2.05, 4.69) is 40.7 Å². The van der Waals surface area contributed by atoms with Crippen LogP contribution in [0.15, 0.2) is 11.6 Å². The number of hydrogen-bond donors (Lipinski definition) is 3. The van der Waals surface area contributed by atoms with Crippen LogP contribution in [0.5, 0.6) is 11.5 Å². The van der Waals surface area contributed by atoms with Crippen molar-refractivity contribution in [3.63, 3.8) is 0 Å². The summed E-state index contributed by atoms with van der Waals surface area (Å²) in [7, 11) is 1.66. The highest BCUT2D eigenvalue weighted by Gasteiger charge is 2.44. The van der Waals surface area contributed by atoms with Crippen molar-refractivity contribution < 1.29 is 29.5 Å². The highest BCUT2D eigenvalue weighted by atomic mass is 16.7. The maximum atomic E-state index is 10.5. The van der Waals surface area contributed by atoms with Crippen LogP contribution in [0.1, 0.15) is 87.0 Å². The van der Waals surface area contributed by atoms with Gasteiger partial charge in [-0.2, -0.15) is 0 Å². The molecule has 4 rings (SSSR count). The molecule has 1 unspecified atom stereocenters. The number of aliphatic hydroxyl groups is 3. The van der Waals surface area contributed by atoms with Crippen LogP contribution in [0.3, 0.4) is 0 Å². The maximum absolute atomic E-state index is 10.5. The summed E-state index contributed by atoms with van der Waals surface area (Å²) in [4.78, 5) is 0. The van der Waals surface area contributed by atoms with Gasteiger partial charge in [-0.05, 0) is 74.5 Å². The lowest BCUT2D eigenvalue weighted by Gasteiger charge is -2.44. The van der Waals surface area contributed by atoms with Gasteiger partial charge in [0.25, 0.3) is 0 Å². The van der Waals surface area contributed by atoms with Crippen LogP contribution in [0, 0.1) is 12.8 Å². The minimum Gasteiger partial charge on any atom is -0.493 e. The van der Waals surface area contributed by atoms with Crippen LogP contribution in [-0.4, -0.2) is 53.6 Å². The molecule has 1 aromatic carbocycles. The van der Waals surface area contributed by atoms with E-state index in [0.717, 1.165) is 18.4 Å². The average Bonchev–Trinajstić information content (AvgIpc) is 2.73. The Kier molecular flexibility index (Phi) is 6.61. The van der Waals surface area contributed by atoms with Gasteiger partial charge in [0.2, 0.25) is 6.29 Å². The van der Waals surface area contributed by atoms with Gasteiger partial charge in [-0.1, -0.05) is 25.5 Å². The molecule has 6 nitrogen and oxygen atoms in total. The van der Waals surface area contributed by atoms with Gasteiger partial charge in [0, 0.05) is 11.5 Å². The van der Waals surface area contributed by atoms with Crippen molar-refractivity contribution in [2.24, 2.45) is 5.92 Å². The molecule has 1 aromatic rings. The number of methoxy groups -OCH3 is 1. The summed E-state index contributed by atoms with van der Waals surface area (Å²) in [5, 5.41) is 30.5. The molecule has 0 bridgehead atoms. The normalized spacial score (nSPS) is 36.3. The first-order valence-electron chi connectivity index (χ1n) is 11.9. The van der Waals surface area contributed by atoms with Crippen LogP contribution in [-0.2, 0) is 4.74 Å². The fourth-order valence-corrected chi connectivity index (χ4v) is 6.12. The van der Waals surface area contributed by atoms with Crippen LogP contribution in [0.25, 0.3) is 0 Å². The van der Waals surface area contributed by atoms with Crippen LogP contribution in [0.4, 0.5) is 0 Å². The Hall–Kier alpha value is -1.60. The Balaban J connectivity index is 1.89. The van der Waals surface area contributed by atoms with Crippen molar-refractivity contribution in [2.45, 2.75) is 96.2 Å². The quantitative estimate of drug-likeness (QED) is 0.608. The van der Waals surface area contributed by atoms with Crippen molar-refractivity contribution in [2.75, 3.05) is 13.7 Å². The Labute approximate surface area is 191 Å². The number of allylic oxidation sites excluding steroid dienone is 2. The van der Waals surface area contributed by atoms with Crippen molar-refractivity contribution in [3.8, 4) is 11.5 Å². The van der Waals surface area contributed by atoms with Crippen molar-refractivity contribution in [3.05, 3.63) is 33.9 Å². The molecule has 0 saturated carbocycles. The van der Waals surface area contributed by atoms with Crippen molar-refractivity contribution in [1.82, 2.24) is 0 Å². The van der Waals surface area contributed by atoms with E-state index in [1.165, 1.54) is 28.7 Å². The Morgan fingerprint density at radius 1 is 1.00 bits per heavy atom. The number of ether oxygens (including phenoxy) is 3. The van der Waals surface area contributed by atoms with E-state index in [1.807, 2.05) is 0 Å². The lowest BCUT2D eigenvalue weighted by molar-refractivity contribution is -0.242. The zero-order valence-corrected chi connectivity index (χ0v) is 20.1. The average molecular weight is 447 g/mol. The first-order valence-corrected chi connectivity index (χ1v) is 11.9. The first-order chi connectivity index (χ1) is 15.1. The largest absolute Gasteiger partial charge is 0.493 e. The molecule has 6 heteroatoms. The highest BCUT2D eigenvalue weighted by molar-refractivity contribution is 5.65. The standard InChI is InChI=1S/C26H38O6/c1-12(2)9-16-10-14(4)17-8-7-13(3)19-21(17)20(16)15(5)24(25(19)30-6)32-26-23(29)22(28)18(27)11-31-26/h9,13-14,16-18,22-23,26-29H,7-8,10-11H2,1-6H3/t13-,14-,16?,17+,18-,22+,23-,26+/m0/s1. The van der Waals surface area contributed by atoms with Gasteiger partial charge < -0.3 is 29.5 Å². The third-order valence-electron chi connectivity index (χ3n) is 7.66. The van der Waals surface area contributed by atoms with Crippen LogP contribution < -0.4 is 9.47 Å². The minimum atomic E-state index is -1.35. The Bertz CT molecular complexity index is 889. The van der Waals surface area contributed by atoms with Gasteiger partial charge in [0.05, 0.1) is 13.7 Å². The Morgan fingerprint density at radius 3 is 2.38 bits per heavy atom. The fourth-order valence-electron chi connectivity index (χ4n) is 6.12. The smallest absolute Gasteiger partial charge is 0.229 e. The predicted octanol–water partition coefficient (Wildman–Crippen LogP) is 3.89. The van der Waals surface area contributed by atoms with E-state index in [-0.39, 0.29) is 6.61 Å². The molecule has 1 aliphatic heterocycles. The lowest BCUT2D eigenvalue weighted by atomic mass is 9.62. The minimum absolute atomic E-state index is 0.0988. The van der Waals surface area contributed by atoms with Crippen LogP contribution >= 0.6 is 0 Å². The summed E-state index contributed by atoms with van der Waals surface area (Å²) in [5.74, 6) is 3.00. The molecule has 1 fully saturated rings. The summed E-state index contributed by atoms with van der Waals surface area (Å²) >= 11 is 0. The number of benzene rings is 1. The molecule has 0 aromatic heterocycles. The molecule has 0 spiro atoms. The molecule has 1 heterocycles. The Morgan fingerprint density at radius 2 is 1.72 bits per heavy atom. The summed E-state index contributed by atoms with van der Waals surface area (Å²) in [6.45, 7) is 10.9. The number of rotatable bonds is 4. The maximum Gasteiger partial charge on any atom is 0.229 e. The van der Waals surface area contributed by atoms with Gasteiger partial charge in [0.15, 0.2) is 11.5 Å². The topological polar surface area (TPSA) is 88.4 Å². The summed E-state index contributed by atoms with van der Waals surface area (Å²) < 4.78 is 17.8. The number of aliphatic hydroxyl groups excluding tert-OH is 3. The van der Waals surface area contributed by atoms with Gasteiger partial charge in [-0.3, -0.25) is 0 Å². The second kappa shape index (κ2) is 8.98. The monoisotopic (exact) mass is 446 g/mol. The van der Waals surface area contributed by atoms with Gasteiger partial charge in [-0.25, -0.2) is 0 Å².